The Balaban J connectivity index is 1.77. The number of benzene rings is 1. The molecule has 184 valence electrons. The highest BCUT2D eigenvalue weighted by atomic mass is 32.2. The standard InChI is InChI=1S/C26H28N2O5S2/c1-4-34-11-9-33-26(30)23-16(3)27-19-12-18(22-6-5-10-35-22)14-21(29)25(19)24(23)17-8-7-15(2)20(13-17)28(31)32/h5-8,10,13,18,24,27H,4,9,11-12,14H2,1-3H3/t18-,24-/m0/s1. The topological polar surface area (TPSA) is 98.5 Å². The van der Waals surface area contributed by atoms with E-state index in [1.165, 1.54) is 6.07 Å². The fraction of sp³-hybridized carbons (Fsp3) is 0.385. The van der Waals surface area contributed by atoms with Crippen molar-refractivity contribution in [2.45, 2.75) is 45.4 Å². The van der Waals surface area contributed by atoms with E-state index in [4.69, 9.17) is 4.74 Å². The molecular formula is C26H28N2O5S2. The first-order chi connectivity index (χ1) is 16.8. The third-order valence-corrected chi connectivity index (χ3v) is 8.32. The molecule has 1 N–H and O–H groups in total. The molecule has 2 aliphatic rings. The number of hydrogen-bond donors (Lipinski definition) is 1. The number of carbonyl (C=O) groups is 2. The predicted molar refractivity (Wildman–Crippen MR) is 139 cm³/mol. The second-order valence-electron chi connectivity index (χ2n) is 8.67. The van der Waals surface area contributed by atoms with Gasteiger partial charge in [0.15, 0.2) is 5.78 Å². The number of ketones is 1. The molecule has 0 saturated heterocycles. The largest absolute Gasteiger partial charge is 0.461 e. The molecule has 1 aromatic heterocycles. The molecule has 2 heterocycles. The van der Waals surface area contributed by atoms with Gasteiger partial charge < -0.3 is 10.1 Å². The molecule has 0 fully saturated rings. The molecule has 0 saturated carbocycles. The van der Waals surface area contributed by atoms with E-state index in [-0.39, 0.29) is 24.0 Å². The van der Waals surface area contributed by atoms with E-state index >= 15 is 0 Å². The average molecular weight is 513 g/mol. The predicted octanol–water partition coefficient (Wildman–Crippen LogP) is 5.62. The summed E-state index contributed by atoms with van der Waals surface area (Å²) in [4.78, 5) is 39.2. The summed E-state index contributed by atoms with van der Waals surface area (Å²) in [6.07, 6.45) is 0.971. The van der Waals surface area contributed by atoms with Crippen LogP contribution in [-0.2, 0) is 14.3 Å². The molecule has 2 aromatic rings. The third-order valence-electron chi connectivity index (χ3n) is 6.42. The second-order valence-corrected chi connectivity index (χ2v) is 11.0. The van der Waals surface area contributed by atoms with Crippen LogP contribution in [0.2, 0.25) is 0 Å². The highest BCUT2D eigenvalue weighted by Crippen LogP contribution is 2.46. The molecule has 2 atom stereocenters. The number of allylic oxidation sites excluding steroid dienone is 3. The van der Waals surface area contributed by atoms with Crippen molar-refractivity contribution in [1.82, 2.24) is 5.32 Å². The van der Waals surface area contributed by atoms with Crippen molar-refractivity contribution in [3.05, 3.63) is 84.4 Å². The lowest BCUT2D eigenvalue weighted by Gasteiger charge is -2.36. The first-order valence-electron chi connectivity index (χ1n) is 11.6. The van der Waals surface area contributed by atoms with E-state index in [1.54, 1.807) is 49.1 Å². The van der Waals surface area contributed by atoms with Gasteiger partial charge in [0.05, 0.1) is 10.5 Å². The number of carbonyl (C=O) groups excluding carboxylic acids is 2. The molecule has 1 aliphatic carbocycles. The molecule has 1 aliphatic heterocycles. The Kier molecular flexibility index (Phi) is 7.76. The van der Waals surface area contributed by atoms with E-state index in [1.807, 2.05) is 24.4 Å². The molecule has 0 unspecified atom stereocenters. The van der Waals surface area contributed by atoms with Crippen molar-refractivity contribution in [2.75, 3.05) is 18.1 Å². The Morgan fingerprint density at radius 3 is 2.77 bits per heavy atom. The monoisotopic (exact) mass is 512 g/mol. The molecule has 4 rings (SSSR count). The van der Waals surface area contributed by atoms with Crippen molar-refractivity contribution < 1.29 is 19.2 Å². The molecule has 0 radical (unpaired) electrons. The number of Topliss-reactive ketones (excluding diaryl/α,β-unsaturated/α-hetero) is 1. The first kappa shape index (κ1) is 25.2. The van der Waals surface area contributed by atoms with Crippen LogP contribution in [0.25, 0.3) is 0 Å². The molecule has 7 nitrogen and oxygen atoms in total. The van der Waals surface area contributed by atoms with Crippen molar-refractivity contribution in [3.8, 4) is 0 Å². The molecule has 0 spiro atoms. The van der Waals surface area contributed by atoms with Crippen molar-refractivity contribution in [1.29, 1.82) is 0 Å². The van der Waals surface area contributed by atoms with Crippen LogP contribution in [0.5, 0.6) is 0 Å². The van der Waals surface area contributed by atoms with Gasteiger partial charge in [-0.1, -0.05) is 25.1 Å². The Bertz CT molecular complexity index is 1220. The number of thiophene rings is 1. The first-order valence-corrected chi connectivity index (χ1v) is 13.6. The summed E-state index contributed by atoms with van der Waals surface area (Å²) in [5.74, 6) is 0.400. The summed E-state index contributed by atoms with van der Waals surface area (Å²) in [5.41, 5.74) is 3.29. The number of dihydropyridines is 1. The summed E-state index contributed by atoms with van der Waals surface area (Å²) in [7, 11) is 0. The number of nitrogens with zero attached hydrogens (tertiary/aromatic N) is 1. The number of ether oxygens (including phenoxy) is 1. The minimum atomic E-state index is -0.714. The lowest BCUT2D eigenvalue weighted by Crippen LogP contribution is -2.36. The van der Waals surface area contributed by atoms with Gasteiger partial charge in [0.25, 0.3) is 5.69 Å². The van der Waals surface area contributed by atoms with Crippen LogP contribution < -0.4 is 5.32 Å². The van der Waals surface area contributed by atoms with Gasteiger partial charge >= 0.3 is 5.97 Å². The molecule has 35 heavy (non-hydrogen) atoms. The minimum Gasteiger partial charge on any atom is -0.461 e. The van der Waals surface area contributed by atoms with Crippen LogP contribution in [0.4, 0.5) is 5.69 Å². The number of thioether (sulfide) groups is 1. The molecule has 1 aromatic carbocycles. The highest BCUT2D eigenvalue weighted by molar-refractivity contribution is 7.99. The van der Waals surface area contributed by atoms with E-state index in [0.29, 0.717) is 46.6 Å². The number of nitro groups is 1. The van der Waals surface area contributed by atoms with E-state index < -0.39 is 16.8 Å². The van der Waals surface area contributed by atoms with E-state index in [0.717, 1.165) is 16.3 Å². The number of aryl methyl sites for hydroxylation is 1. The van der Waals surface area contributed by atoms with Crippen molar-refractivity contribution in [3.63, 3.8) is 0 Å². The van der Waals surface area contributed by atoms with Gasteiger partial charge in [-0.05, 0) is 43.0 Å². The van der Waals surface area contributed by atoms with Crippen LogP contribution >= 0.6 is 23.1 Å². The third kappa shape index (κ3) is 5.21. The number of hydrogen-bond acceptors (Lipinski definition) is 8. The minimum absolute atomic E-state index is 0.0346. The number of nitrogens with one attached hydrogen (secondary N) is 1. The Labute approximate surface area is 212 Å². The van der Waals surface area contributed by atoms with Gasteiger partial charge in [-0.25, -0.2) is 4.79 Å². The maximum Gasteiger partial charge on any atom is 0.336 e. The van der Waals surface area contributed by atoms with Crippen LogP contribution in [0.1, 0.15) is 54.5 Å². The summed E-state index contributed by atoms with van der Waals surface area (Å²) < 4.78 is 5.58. The summed E-state index contributed by atoms with van der Waals surface area (Å²) >= 11 is 3.30. The Morgan fingerprint density at radius 1 is 1.29 bits per heavy atom. The Morgan fingerprint density at radius 2 is 2.09 bits per heavy atom. The maximum absolute atomic E-state index is 13.6. The van der Waals surface area contributed by atoms with Gasteiger partial charge in [0.2, 0.25) is 0 Å². The van der Waals surface area contributed by atoms with Crippen LogP contribution in [-0.4, -0.2) is 34.8 Å². The zero-order chi connectivity index (χ0) is 25.1. The fourth-order valence-electron chi connectivity index (χ4n) is 4.79. The van der Waals surface area contributed by atoms with Gasteiger partial charge in [-0.3, -0.25) is 14.9 Å². The van der Waals surface area contributed by atoms with Crippen LogP contribution in [0, 0.1) is 17.0 Å². The van der Waals surface area contributed by atoms with Gasteiger partial charge in [0.1, 0.15) is 6.61 Å². The highest BCUT2D eigenvalue weighted by Gasteiger charge is 2.42. The lowest BCUT2D eigenvalue weighted by atomic mass is 9.72. The number of nitro benzene ring substituents is 1. The molecule has 0 amide bonds. The maximum atomic E-state index is 13.6. The van der Waals surface area contributed by atoms with Crippen LogP contribution in [0.3, 0.4) is 0 Å². The zero-order valence-electron chi connectivity index (χ0n) is 20.0. The zero-order valence-corrected chi connectivity index (χ0v) is 21.6. The number of rotatable bonds is 8. The summed E-state index contributed by atoms with van der Waals surface area (Å²) in [6, 6.07) is 8.95. The Hall–Kier alpha value is -2.91. The van der Waals surface area contributed by atoms with Crippen molar-refractivity contribution >= 4 is 40.5 Å². The molecule has 0 bridgehead atoms. The normalized spacial score (nSPS) is 19.9. The molecule has 9 heteroatoms. The SMILES string of the molecule is CCSCCOC(=O)C1=C(C)NC2=C(C(=O)C[C@@H](c3cccs3)C2)[C@H]1c1ccc(C)c([N+](=O)[O-])c1. The van der Waals surface area contributed by atoms with Crippen LogP contribution in [0.15, 0.2) is 58.3 Å². The quantitative estimate of drug-likeness (QED) is 0.212. The average Bonchev–Trinajstić information content (AvgIpc) is 3.36. The smallest absolute Gasteiger partial charge is 0.336 e. The lowest BCUT2D eigenvalue weighted by molar-refractivity contribution is -0.385. The fourth-order valence-corrected chi connectivity index (χ4v) is 6.11. The summed E-state index contributed by atoms with van der Waals surface area (Å²) in [6.45, 7) is 5.77. The summed E-state index contributed by atoms with van der Waals surface area (Å²) in [5, 5.41) is 17.0. The van der Waals surface area contributed by atoms with E-state index in [9.17, 15) is 19.7 Å². The number of esters is 1. The van der Waals surface area contributed by atoms with Gasteiger partial charge in [0, 0.05) is 57.5 Å². The van der Waals surface area contributed by atoms with Gasteiger partial charge in [-0.15, -0.1) is 11.3 Å². The second kappa shape index (κ2) is 10.8. The molecular weight excluding hydrogens is 484 g/mol. The van der Waals surface area contributed by atoms with Crippen molar-refractivity contribution in [2.24, 2.45) is 0 Å². The van der Waals surface area contributed by atoms with E-state index in [2.05, 4.69) is 5.32 Å². The van der Waals surface area contributed by atoms with Gasteiger partial charge in [-0.2, -0.15) is 11.8 Å².